The van der Waals surface area contributed by atoms with E-state index in [1.54, 1.807) is 24.3 Å². The molecule has 0 aromatic heterocycles. The molecule has 0 saturated carbocycles. The second kappa shape index (κ2) is 7.73. The van der Waals surface area contributed by atoms with E-state index in [0.717, 1.165) is 11.1 Å². The number of esters is 2. The van der Waals surface area contributed by atoms with Crippen molar-refractivity contribution in [2.24, 2.45) is 5.92 Å². The van der Waals surface area contributed by atoms with E-state index in [1.807, 2.05) is 38.1 Å². The van der Waals surface area contributed by atoms with Crippen LogP contribution in [0.25, 0.3) is 0 Å². The number of carbonyl (C=O) groups excluding carboxylic acids is 2. The first-order chi connectivity index (χ1) is 13.5. The van der Waals surface area contributed by atoms with Crippen LogP contribution < -0.4 is 4.74 Å². The van der Waals surface area contributed by atoms with Crippen molar-refractivity contribution in [3.63, 3.8) is 0 Å². The van der Waals surface area contributed by atoms with Crippen molar-refractivity contribution < 1.29 is 28.5 Å². The number of carbonyl (C=O) groups is 2. The van der Waals surface area contributed by atoms with Gasteiger partial charge in [-0.2, -0.15) is 0 Å². The van der Waals surface area contributed by atoms with Gasteiger partial charge in [-0.3, -0.25) is 4.79 Å². The van der Waals surface area contributed by atoms with Crippen LogP contribution in [0.15, 0.2) is 48.5 Å². The lowest BCUT2D eigenvalue weighted by Crippen LogP contribution is -2.35. The molecule has 0 bridgehead atoms. The molecule has 146 valence electrons. The lowest BCUT2D eigenvalue weighted by atomic mass is 10.0. The van der Waals surface area contributed by atoms with Gasteiger partial charge in [0.25, 0.3) is 0 Å². The number of fused-ring (bicyclic) bond motifs is 1. The van der Waals surface area contributed by atoms with E-state index in [9.17, 15) is 9.59 Å². The predicted molar refractivity (Wildman–Crippen MR) is 100 cm³/mol. The maximum atomic E-state index is 12.5. The molecule has 2 fully saturated rings. The molecule has 0 amide bonds. The fourth-order valence-corrected chi connectivity index (χ4v) is 3.46. The molecule has 0 radical (unpaired) electrons. The lowest BCUT2D eigenvalue weighted by Gasteiger charge is -2.17. The third kappa shape index (κ3) is 3.79. The summed E-state index contributed by atoms with van der Waals surface area (Å²) in [6.07, 6.45) is -1.49. The first kappa shape index (κ1) is 18.7. The Kier molecular flexibility index (Phi) is 5.15. The molecule has 4 atom stereocenters. The third-order valence-electron chi connectivity index (χ3n) is 5.10. The fraction of sp³-hybridized carbons (Fsp3) is 0.364. The molecular weight excluding hydrogens is 360 g/mol. The molecule has 0 aliphatic carbocycles. The molecule has 28 heavy (non-hydrogen) atoms. The Labute approximate surface area is 163 Å². The smallest absolute Gasteiger partial charge is 0.338 e. The Morgan fingerprint density at radius 1 is 0.857 bits per heavy atom. The minimum absolute atomic E-state index is 0.179. The zero-order chi connectivity index (χ0) is 19.7. The van der Waals surface area contributed by atoms with Crippen molar-refractivity contribution >= 4 is 11.9 Å². The first-order valence-electron chi connectivity index (χ1n) is 9.30. The van der Waals surface area contributed by atoms with Crippen LogP contribution >= 0.6 is 0 Å². The van der Waals surface area contributed by atoms with Crippen molar-refractivity contribution in [2.75, 3.05) is 13.2 Å². The molecule has 2 aliphatic rings. The summed E-state index contributed by atoms with van der Waals surface area (Å²) in [4.78, 5) is 24.9. The number of hydrogen-bond acceptors (Lipinski definition) is 6. The number of rotatable bonds is 4. The van der Waals surface area contributed by atoms with Crippen LogP contribution in [0, 0.1) is 19.8 Å². The Balaban J connectivity index is 1.37. The van der Waals surface area contributed by atoms with E-state index >= 15 is 0 Å². The highest BCUT2D eigenvalue weighted by Gasteiger charge is 2.52. The third-order valence-corrected chi connectivity index (χ3v) is 5.10. The topological polar surface area (TPSA) is 71.1 Å². The highest BCUT2D eigenvalue weighted by atomic mass is 16.6. The molecule has 0 spiro atoms. The van der Waals surface area contributed by atoms with Gasteiger partial charge >= 0.3 is 11.9 Å². The lowest BCUT2D eigenvalue weighted by molar-refractivity contribution is -0.142. The van der Waals surface area contributed by atoms with Gasteiger partial charge in [-0.25, -0.2) is 4.79 Å². The Hall–Kier alpha value is -2.70. The second-order valence-corrected chi connectivity index (χ2v) is 7.25. The molecule has 2 aromatic rings. The fourth-order valence-electron chi connectivity index (χ4n) is 3.46. The van der Waals surface area contributed by atoms with Crippen molar-refractivity contribution in [3.05, 3.63) is 65.2 Å². The molecule has 4 rings (SSSR count). The first-order valence-corrected chi connectivity index (χ1v) is 9.30. The van der Waals surface area contributed by atoms with E-state index in [2.05, 4.69) is 0 Å². The summed E-state index contributed by atoms with van der Waals surface area (Å²) in [5, 5.41) is 0. The predicted octanol–water partition coefficient (Wildman–Crippen LogP) is 2.85. The quantitative estimate of drug-likeness (QED) is 0.598. The van der Waals surface area contributed by atoms with Crippen LogP contribution in [-0.4, -0.2) is 43.5 Å². The number of hydrogen-bond donors (Lipinski definition) is 0. The summed E-state index contributed by atoms with van der Waals surface area (Å²) in [6, 6.07) is 14.4. The SMILES string of the molecule is Cc1ccc(OC(=O)[C@H]2CO[C@H]3[C@@H]2OC[C@H]3OC(=O)c2ccc(C)cc2)cc1. The molecule has 2 aliphatic heterocycles. The standard InChI is InChI=1S/C22H22O6/c1-13-3-7-15(8-4-13)21(23)28-18-12-26-19-17(11-25-20(18)19)22(24)27-16-9-5-14(2)6-10-16/h3-10,17-20H,11-12H2,1-2H3/t17-,18+,19+,20+/m0/s1. The van der Waals surface area contributed by atoms with Crippen LogP contribution in [0.5, 0.6) is 5.75 Å². The normalized spacial score (nSPS) is 25.9. The van der Waals surface area contributed by atoms with Crippen LogP contribution in [0.1, 0.15) is 21.5 Å². The number of ether oxygens (including phenoxy) is 4. The van der Waals surface area contributed by atoms with E-state index in [-0.39, 0.29) is 13.2 Å². The summed E-state index contributed by atoms with van der Waals surface area (Å²) in [6.45, 7) is 4.29. The minimum Gasteiger partial charge on any atom is -0.453 e. The van der Waals surface area contributed by atoms with Gasteiger partial charge in [-0.05, 0) is 38.1 Å². The Morgan fingerprint density at radius 2 is 1.46 bits per heavy atom. The van der Waals surface area contributed by atoms with Gasteiger partial charge in [0.2, 0.25) is 0 Å². The van der Waals surface area contributed by atoms with Gasteiger partial charge in [0.1, 0.15) is 23.9 Å². The Bertz CT molecular complexity index is 858. The molecule has 6 nitrogen and oxygen atoms in total. The Morgan fingerprint density at radius 3 is 2.14 bits per heavy atom. The zero-order valence-electron chi connectivity index (χ0n) is 15.8. The molecule has 2 saturated heterocycles. The average Bonchev–Trinajstić information content (AvgIpc) is 3.27. The van der Waals surface area contributed by atoms with Crippen molar-refractivity contribution in [1.29, 1.82) is 0 Å². The van der Waals surface area contributed by atoms with Crippen molar-refractivity contribution in [1.82, 2.24) is 0 Å². The highest BCUT2D eigenvalue weighted by molar-refractivity contribution is 5.89. The van der Waals surface area contributed by atoms with Crippen LogP contribution in [-0.2, 0) is 19.0 Å². The highest BCUT2D eigenvalue weighted by Crippen LogP contribution is 2.34. The molecule has 2 aromatic carbocycles. The zero-order valence-corrected chi connectivity index (χ0v) is 15.8. The summed E-state index contributed by atoms with van der Waals surface area (Å²) in [7, 11) is 0. The maximum absolute atomic E-state index is 12.5. The summed E-state index contributed by atoms with van der Waals surface area (Å²) in [5.41, 5.74) is 2.62. The summed E-state index contributed by atoms with van der Waals surface area (Å²) < 4.78 is 22.5. The van der Waals surface area contributed by atoms with Gasteiger partial charge < -0.3 is 18.9 Å². The minimum atomic E-state index is -0.547. The summed E-state index contributed by atoms with van der Waals surface area (Å²) >= 11 is 0. The van der Waals surface area contributed by atoms with E-state index in [0.29, 0.717) is 11.3 Å². The average molecular weight is 382 g/mol. The van der Waals surface area contributed by atoms with Gasteiger partial charge in [0.15, 0.2) is 6.10 Å². The van der Waals surface area contributed by atoms with Gasteiger partial charge in [0, 0.05) is 0 Å². The molecule has 6 heteroatoms. The molecule has 0 N–H and O–H groups in total. The van der Waals surface area contributed by atoms with Crippen LogP contribution in [0.3, 0.4) is 0 Å². The van der Waals surface area contributed by atoms with Gasteiger partial charge in [0.05, 0.1) is 18.8 Å². The molecule has 0 unspecified atom stereocenters. The van der Waals surface area contributed by atoms with Crippen molar-refractivity contribution in [2.45, 2.75) is 32.2 Å². The number of aryl methyl sites for hydroxylation is 2. The second-order valence-electron chi connectivity index (χ2n) is 7.25. The largest absolute Gasteiger partial charge is 0.453 e. The van der Waals surface area contributed by atoms with E-state index < -0.39 is 36.2 Å². The van der Waals surface area contributed by atoms with E-state index in [1.165, 1.54) is 0 Å². The number of benzene rings is 2. The maximum Gasteiger partial charge on any atom is 0.338 e. The van der Waals surface area contributed by atoms with Crippen LogP contribution in [0.2, 0.25) is 0 Å². The van der Waals surface area contributed by atoms with E-state index in [4.69, 9.17) is 18.9 Å². The van der Waals surface area contributed by atoms with Crippen molar-refractivity contribution in [3.8, 4) is 5.75 Å². The molecule has 2 heterocycles. The van der Waals surface area contributed by atoms with Gasteiger partial charge in [-0.1, -0.05) is 35.4 Å². The monoisotopic (exact) mass is 382 g/mol. The molecular formula is C22H22O6. The summed E-state index contributed by atoms with van der Waals surface area (Å²) in [5.74, 6) is -0.890. The van der Waals surface area contributed by atoms with Crippen LogP contribution in [0.4, 0.5) is 0 Å². The van der Waals surface area contributed by atoms with Gasteiger partial charge in [-0.15, -0.1) is 0 Å².